The van der Waals surface area contributed by atoms with E-state index in [0.717, 1.165) is 40.9 Å². The minimum absolute atomic E-state index is 0.00211. The van der Waals surface area contributed by atoms with Gasteiger partial charge in [0.25, 0.3) is 0 Å². The van der Waals surface area contributed by atoms with Gasteiger partial charge in [-0.15, -0.1) is 0 Å². The summed E-state index contributed by atoms with van der Waals surface area (Å²) in [5.41, 5.74) is 12.2. The highest BCUT2D eigenvalue weighted by molar-refractivity contribution is 7.19. The maximum atomic E-state index is 5.98. The molecule has 9 aliphatic carbocycles. The SMILES string of the molecule is c1ccc([Si](c2ccccc2)(c2ccccc2)c2cccc(-c3nc(C4c5ccccc5C5(c6ccccc64)C4CC6CC(C4)CC5C6)nc(N4c5ccccc5C5(c6ccccc64)C4CC6CC(C4)CC5C6)n3)c2)cc1. The van der Waals surface area contributed by atoms with Crippen molar-refractivity contribution in [1.29, 1.82) is 0 Å². The molecule has 376 valence electrons. The van der Waals surface area contributed by atoms with Gasteiger partial charge in [-0.3, -0.25) is 4.90 Å². The van der Waals surface area contributed by atoms with E-state index in [1.165, 1.54) is 130 Å². The van der Waals surface area contributed by atoms with Crippen LogP contribution in [0.15, 0.2) is 212 Å². The Hall–Kier alpha value is -7.21. The standard InChI is InChI=1S/C72H64N4Si/c1-4-20-55(21-5-1)77(56-22-6-2-7-23-56,57-24-8-3-9-25-57)58-26-18-19-50(45-58)68-73-69(67-59-27-10-12-29-61(59)71(62-30-13-11-28-60(62)67)51-37-46-35-47(39-51)40-52(71)38-46)75-70(74-68)76-65-33-16-14-31-63(65)72(64-32-15-17-34-66(64)76)53-41-48-36-49(43-53)44-54(72)42-48/h1-34,45-49,51-54,67H,35-44H2. The molecule has 0 radical (unpaired) electrons. The zero-order chi connectivity index (χ0) is 50.5. The summed E-state index contributed by atoms with van der Waals surface area (Å²) in [6, 6.07) is 81.3. The average molecular weight is 1010 g/mol. The van der Waals surface area contributed by atoms with E-state index >= 15 is 0 Å². The Morgan fingerprint density at radius 3 is 1.21 bits per heavy atom. The van der Waals surface area contributed by atoms with Crippen LogP contribution in [0.5, 0.6) is 0 Å². The lowest BCUT2D eigenvalue weighted by Gasteiger charge is -2.64. The van der Waals surface area contributed by atoms with Crippen LogP contribution in [0.3, 0.4) is 0 Å². The van der Waals surface area contributed by atoms with Gasteiger partial charge in [0, 0.05) is 16.4 Å². The van der Waals surface area contributed by atoms with Crippen molar-refractivity contribution in [2.45, 2.75) is 81.0 Å². The lowest BCUT2D eigenvalue weighted by molar-refractivity contribution is -0.0436. The summed E-state index contributed by atoms with van der Waals surface area (Å²) >= 11 is 0. The number of aromatic nitrogens is 3. The maximum absolute atomic E-state index is 5.98. The van der Waals surface area contributed by atoms with Gasteiger partial charge in [-0.2, -0.15) is 9.97 Å². The van der Waals surface area contributed by atoms with Crippen LogP contribution in [0.4, 0.5) is 17.3 Å². The fourth-order valence-corrected chi connectivity index (χ4v) is 24.5. The first-order valence-electron chi connectivity index (χ1n) is 29.3. The first-order valence-corrected chi connectivity index (χ1v) is 31.3. The van der Waals surface area contributed by atoms with Gasteiger partial charge in [-0.05, 0) is 178 Å². The normalized spacial score (nSPS) is 28.3. The molecule has 5 heteroatoms. The molecule has 1 aliphatic heterocycles. The van der Waals surface area contributed by atoms with Crippen molar-refractivity contribution in [2.75, 3.05) is 4.90 Å². The molecule has 8 saturated carbocycles. The van der Waals surface area contributed by atoms with Crippen molar-refractivity contribution in [1.82, 2.24) is 15.0 Å². The van der Waals surface area contributed by atoms with Crippen LogP contribution in [0.2, 0.25) is 0 Å². The van der Waals surface area contributed by atoms with Gasteiger partial charge < -0.3 is 0 Å². The highest BCUT2D eigenvalue weighted by Crippen LogP contribution is 2.71. The van der Waals surface area contributed by atoms with Crippen LogP contribution in [-0.4, -0.2) is 23.0 Å². The topological polar surface area (TPSA) is 41.9 Å². The van der Waals surface area contributed by atoms with E-state index in [0.29, 0.717) is 29.6 Å². The first-order chi connectivity index (χ1) is 38.1. The van der Waals surface area contributed by atoms with E-state index in [4.69, 9.17) is 15.0 Å². The van der Waals surface area contributed by atoms with E-state index in [9.17, 15) is 0 Å². The summed E-state index contributed by atoms with van der Waals surface area (Å²) in [7, 11) is -2.90. The van der Waals surface area contributed by atoms with Crippen LogP contribution < -0.4 is 25.6 Å². The number of hydrogen-bond donors (Lipinski definition) is 0. The molecule has 2 spiro atoms. The van der Waals surface area contributed by atoms with Crippen LogP contribution in [-0.2, 0) is 10.8 Å². The van der Waals surface area contributed by atoms with Crippen LogP contribution in [0.25, 0.3) is 11.4 Å². The Kier molecular flexibility index (Phi) is 9.84. The molecule has 0 saturated heterocycles. The summed E-state index contributed by atoms with van der Waals surface area (Å²) < 4.78 is 0. The summed E-state index contributed by atoms with van der Waals surface area (Å²) in [6.07, 6.45) is 13.6. The summed E-state index contributed by atoms with van der Waals surface area (Å²) in [5, 5.41) is 5.35. The third-order valence-corrected chi connectivity index (χ3v) is 26.5. The minimum atomic E-state index is -2.90. The molecule has 10 aliphatic rings. The van der Waals surface area contributed by atoms with E-state index in [1.54, 1.807) is 0 Å². The molecule has 8 bridgehead atoms. The van der Waals surface area contributed by atoms with E-state index in [-0.39, 0.29) is 16.7 Å². The zero-order valence-electron chi connectivity index (χ0n) is 43.8. The van der Waals surface area contributed by atoms with Gasteiger partial charge in [-0.1, -0.05) is 200 Å². The zero-order valence-corrected chi connectivity index (χ0v) is 44.8. The maximum Gasteiger partial charge on any atom is 0.238 e. The predicted octanol–water partition coefficient (Wildman–Crippen LogP) is 13.7. The van der Waals surface area contributed by atoms with E-state index in [2.05, 4.69) is 217 Å². The third kappa shape index (κ3) is 6.18. The molecule has 8 fully saturated rings. The Morgan fingerprint density at radius 2 is 0.740 bits per heavy atom. The Balaban J connectivity index is 0.917. The number of hydrogen-bond acceptors (Lipinski definition) is 4. The van der Waals surface area contributed by atoms with Gasteiger partial charge in [0.2, 0.25) is 5.95 Å². The van der Waals surface area contributed by atoms with Crippen LogP contribution in [0.1, 0.15) is 109 Å². The fourth-order valence-electron chi connectivity index (χ4n) is 19.7. The van der Waals surface area contributed by atoms with Crippen molar-refractivity contribution in [3.8, 4) is 11.4 Å². The van der Waals surface area contributed by atoms with Gasteiger partial charge >= 0.3 is 0 Å². The van der Waals surface area contributed by atoms with Crippen LogP contribution in [0, 0.1) is 47.3 Å². The molecule has 0 amide bonds. The first kappa shape index (κ1) is 44.9. The van der Waals surface area contributed by atoms with Crippen molar-refractivity contribution in [2.24, 2.45) is 47.3 Å². The monoisotopic (exact) mass is 1010 g/mol. The molecule has 9 aromatic rings. The number of anilines is 3. The highest BCUT2D eigenvalue weighted by Gasteiger charge is 2.63. The lowest BCUT2D eigenvalue weighted by Crippen LogP contribution is -2.74. The smallest absolute Gasteiger partial charge is 0.238 e. The molecule has 2 heterocycles. The predicted molar refractivity (Wildman–Crippen MR) is 313 cm³/mol. The number of para-hydroxylation sites is 2. The molecule has 4 nitrogen and oxygen atoms in total. The van der Waals surface area contributed by atoms with Crippen molar-refractivity contribution < 1.29 is 0 Å². The summed E-state index contributed by atoms with van der Waals surface area (Å²) in [4.78, 5) is 20.2. The molecule has 77 heavy (non-hydrogen) atoms. The lowest BCUT2D eigenvalue weighted by atomic mass is 9.40. The molecule has 0 unspecified atom stereocenters. The second-order valence-electron chi connectivity index (χ2n) is 25.1. The summed E-state index contributed by atoms with van der Waals surface area (Å²) in [5.74, 6) is 8.09. The third-order valence-electron chi connectivity index (χ3n) is 21.7. The highest BCUT2D eigenvalue weighted by atomic mass is 28.3. The number of fused-ring (bicyclic) bond motifs is 4. The number of rotatable bonds is 7. The van der Waals surface area contributed by atoms with Gasteiger partial charge in [0.15, 0.2) is 13.9 Å². The summed E-state index contributed by atoms with van der Waals surface area (Å²) in [6.45, 7) is 0. The quantitative estimate of drug-likeness (QED) is 0.118. The molecular formula is C72H64N4Si. The molecular weight excluding hydrogens is 949 g/mol. The van der Waals surface area contributed by atoms with E-state index in [1.807, 2.05) is 0 Å². The largest absolute Gasteiger partial charge is 0.278 e. The second kappa shape index (κ2) is 16.9. The van der Waals surface area contributed by atoms with Gasteiger partial charge in [0.1, 0.15) is 5.82 Å². The number of benzene rings is 8. The molecule has 0 atom stereocenters. The minimum Gasteiger partial charge on any atom is -0.278 e. The molecule has 1 aromatic heterocycles. The number of nitrogens with zero attached hydrogens (tertiary/aromatic N) is 4. The Bertz CT molecular complexity index is 3370. The molecule has 0 N–H and O–H groups in total. The average Bonchev–Trinajstić information content (AvgIpc) is 3.66. The van der Waals surface area contributed by atoms with Crippen molar-refractivity contribution >= 4 is 46.1 Å². The Labute approximate surface area is 454 Å². The van der Waals surface area contributed by atoms with Crippen LogP contribution >= 0.6 is 0 Å². The van der Waals surface area contributed by atoms with Gasteiger partial charge in [-0.25, -0.2) is 4.98 Å². The Morgan fingerprint density at radius 1 is 0.351 bits per heavy atom. The molecule has 8 aromatic carbocycles. The fraction of sp³-hybridized carbons (Fsp3) is 0.292. The van der Waals surface area contributed by atoms with E-state index < -0.39 is 8.07 Å². The van der Waals surface area contributed by atoms with Gasteiger partial charge in [0.05, 0.1) is 17.3 Å². The molecule has 19 rings (SSSR count). The second-order valence-corrected chi connectivity index (χ2v) is 28.9. The van der Waals surface area contributed by atoms with Crippen molar-refractivity contribution in [3.05, 3.63) is 252 Å². The van der Waals surface area contributed by atoms with Crippen molar-refractivity contribution in [3.63, 3.8) is 0 Å².